The van der Waals surface area contributed by atoms with Crippen molar-refractivity contribution >= 4 is 27.4 Å². The van der Waals surface area contributed by atoms with Crippen molar-refractivity contribution in [2.75, 3.05) is 51.3 Å². The Bertz CT molecular complexity index is 874. The van der Waals surface area contributed by atoms with Crippen LogP contribution in [0.5, 0.6) is 11.5 Å². The Kier molecular flexibility index (Phi) is 5.75. The lowest BCUT2D eigenvalue weighted by atomic mass is 10.2. The monoisotopic (exact) mass is 383 g/mol. The molecule has 0 spiro atoms. The fraction of sp³-hybridized carbons (Fsp3) is 0.381. The maximum Gasteiger partial charge on any atom is 0.161 e. The standard InChI is InChI=1S/C21H25N3O2S/c1-25-18-8-3-4-9-19(18)26-16-6-11-23-12-14-24(15-13-23)21-17-7-2-5-10-20(17)27-22-21/h2-5,7-10H,6,11-16H2,1H3. The Morgan fingerprint density at radius 1 is 0.963 bits per heavy atom. The van der Waals surface area contributed by atoms with Crippen LogP contribution in [0, 0.1) is 0 Å². The molecule has 1 aromatic heterocycles. The maximum atomic E-state index is 5.88. The molecule has 142 valence electrons. The van der Waals surface area contributed by atoms with Crippen molar-refractivity contribution < 1.29 is 9.47 Å². The van der Waals surface area contributed by atoms with E-state index in [0.29, 0.717) is 6.61 Å². The summed E-state index contributed by atoms with van der Waals surface area (Å²) >= 11 is 1.59. The number of hydrogen-bond donors (Lipinski definition) is 0. The highest BCUT2D eigenvalue weighted by molar-refractivity contribution is 7.13. The molecule has 2 heterocycles. The zero-order valence-electron chi connectivity index (χ0n) is 15.6. The van der Waals surface area contributed by atoms with Crippen molar-refractivity contribution in [3.8, 4) is 11.5 Å². The van der Waals surface area contributed by atoms with Gasteiger partial charge in [-0.05, 0) is 42.2 Å². The molecule has 0 unspecified atom stereocenters. The molecule has 5 nitrogen and oxygen atoms in total. The third-order valence-electron chi connectivity index (χ3n) is 4.98. The Morgan fingerprint density at radius 2 is 1.70 bits per heavy atom. The van der Waals surface area contributed by atoms with Crippen molar-refractivity contribution in [2.24, 2.45) is 0 Å². The van der Waals surface area contributed by atoms with E-state index in [4.69, 9.17) is 9.47 Å². The first-order chi connectivity index (χ1) is 13.3. The van der Waals surface area contributed by atoms with Gasteiger partial charge in [-0.1, -0.05) is 24.3 Å². The fourth-order valence-electron chi connectivity index (χ4n) is 3.49. The van der Waals surface area contributed by atoms with Gasteiger partial charge in [0, 0.05) is 38.1 Å². The second-order valence-electron chi connectivity index (χ2n) is 6.68. The molecule has 3 aromatic rings. The number of ether oxygens (including phenoxy) is 2. The molecular formula is C21H25N3O2S. The molecule has 1 aliphatic heterocycles. The molecule has 2 aromatic carbocycles. The number of aromatic nitrogens is 1. The Labute approximate surface area is 164 Å². The summed E-state index contributed by atoms with van der Waals surface area (Å²) in [7, 11) is 1.67. The van der Waals surface area contributed by atoms with Crippen LogP contribution in [-0.4, -0.2) is 55.7 Å². The summed E-state index contributed by atoms with van der Waals surface area (Å²) in [6.07, 6.45) is 1.01. The zero-order chi connectivity index (χ0) is 18.5. The summed E-state index contributed by atoms with van der Waals surface area (Å²) < 4.78 is 17.2. The number of para-hydroxylation sites is 2. The molecule has 6 heteroatoms. The summed E-state index contributed by atoms with van der Waals surface area (Å²) in [6.45, 7) is 5.96. The number of anilines is 1. The van der Waals surface area contributed by atoms with E-state index in [1.807, 2.05) is 24.3 Å². The summed E-state index contributed by atoms with van der Waals surface area (Å²) in [6, 6.07) is 16.3. The van der Waals surface area contributed by atoms with Gasteiger partial charge in [0.2, 0.25) is 0 Å². The Morgan fingerprint density at radius 3 is 2.52 bits per heavy atom. The van der Waals surface area contributed by atoms with Crippen LogP contribution in [0.2, 0.25) is 0 Å². The normalized spacial score (nSPS) is 15.2. The van der Waals surface area contributed by atoms with Gasteiger partial charge in [-0.15, -0.1) is 0 Å². The summed E-state index contributed by atoms with van der Waals surface area (Å²) in [5.74, 6) is 2.76. The lowest BCUT2D eigenvalue weighted by molar-refractivity contribution is 0.221. The number of nitrogens with zero attached hydrogens (tertiary/aromatic N) is 3. The van der Waals surface area contributed by atoms with Crippen LogP contribution < -0.4 is 14.4 Å². The van der Waals surface area contributed by atoms with Gasteiger partial charge >= 0.3 is 0 Å². The van der Waals surface area contributed by atoms with Crippen LogP contribution in [0.3, 0.4) is 0 Å². The molecule has 0 bridgehead atoms. The minimum Gasteiger partial charge on any atom is -0.493 e. The molecule has 0 radical (unpaired) electrons. The quantitative estimate of drug-likeness (QED) is 0.579. The highest BCUT2D eigenvalue weighted by atomic mass is 32.1. The first kappa shape index (κ1) is 18.1. The average Bonchev–Trinajstić information content (AvgIpc) is 3.16. The fourth-order valence-corrected chi connectivity index (χ4v) is 4.29. The minimum absolute atomic E-state index is 0.706. The molecule has 0 amide bonds. The van der Waals surface area contributed by atoms with E-state index in [9.17, 15) is 0 Å². The molecule has 0 saturated carbocycles. The van der Waals surface area contributed by atoms with Gasteiger partial charge in [0.25, 0.3) is 0 Å². The lowest BCUT2D eigenvalue weighted by Crippen LogP contribution is -2.47. The Hall–Kier alpha value is -2.31. The van der Waals surface area contributed by atoms with E-state index in [2.05, 4.69) is 38.4 Å². The van der Waals surface area contributed by atoms with Crippen molar-refractivity contribution in [3.05, 3.63) is 48.5 Å². The predicted molar refractivity (Wildman–Crippen MR) is 111 cm³/mol. The SMILES string of the molecule is COc1ccccc1OCCCN1CCN(c2nsc3ccccc23)CC1. The summed E-state index contributed by atoms with van der Waals surface area (Å²) in [4.78, 5) is 4.93. The Balaban J connectivity index is 1.23. The molecule has 27 heavy (non-hydrogen) atoms. The molecule has 1 fully saturated rings. The van der Waals surface area contributed by atoms with Gasteiger partial charge in [-0.3, -0.25) is 4.90 Å². The van der Waals surface area contributed by atoms with Crippen molar-refractivity contribution in [3.63, 3.8) is 0 Å². The van der Waals surface area contributed by atoms with Crippen LogP contribution >= 0.6 is 11.5 Å². The van der Waals surface area contributed by atoms with Gasteiger partial charge in [-0.2, -0.15) is 4.37 Å². The van der Waals surface area contributed by atoms with Gasteiger partial charge < -0.3 is 14.4 Å². The highest BCUT2D eigenvalue weighted by Crippen LogP contribution is 2.30. The van der Waals surface area contributed by atoms with E-state index in [1.54, 1.807) is 18.6 Å². The lowest BCUT2D eigenvalue weighted by Gasteiger charge is -2.35. The van der Waals surface area contributed by atoms with Crippen LogP contribution in [0.15, 0.2) is 48.5 Å². The molecule has 1 saturated heterocycles. The van der Waals surface area contributed by atoms with Crippen LogP contribution in [0.1, 0.15) is 6.42 Å². The smallest absolute Gasteiger partial charge is 0.161 e. The third-order valence-corrected chi connectivity index (χ3v) is 5.79. The van der Waals surface area contributed by atoms with Gasteiger partial charge in [0.15, 0.2) is 11.5 Å². The van der Waals surface area contributed by atoms with Crippen LogP contribution in [-0.2, 0) is 0 Å². The topological polar surface area (TPSA) is 37.8 Å². The third kappa shape index (κ3) is 4.17. The van der Waals surface area contributed by atoms with E-state index >= 15 is 0 Å². The second kappa shape index (κ2) is 8.59. The first-order valence-electron chi connectivity index (χ1n) is 9.42. The number of methoxy groups -OCH3 is 1. The van der Waals surface area contributed by atoms with Crippen molar-refractivity contribution in [2.45, 2.75) is 6.42 Å². The van der Waals surface area contributed by atoms with Crippen LogP contribution in [0.25, 0.3) is 10.1 Å². The number of fused-ring (bicyclic) bond motifs is 1. The van der Waals surface area contributed by atoms with E-state index in [1.165, 1.54) is 10.1 Å². The summed E-state index contributed by atoms with van der Waals surface area (Å²) in [5.41, 5.74) is 0. The van der Waals surface area contributed by atoms with Gasteiger partial charge in [0.1, 0.15) is 5.82 Å². The van der Waals surface area contributed by atoms with E-state index in [-0.39, 0.29) is 0 Å². The maximum absolute atomic E-state index is 5.88. The van der Waals surface area contributed by atoms with Gasteiger partial charge in [0.05, 0.1) is 18.4 Å². The highest BCUT2D eigenvalue weighted by Gasteiger charge is 2.20. The number of rotatable bonds is 7. The molecule has 0 N–H and O–H groups in total. The zero-order valence-corrected chi connectivity index (χ0v) is 16.5. The van der Waals surface area contributed by atoms with E-state index < -0.39 is 0 Å². The number of benzene rings is 2. The number of piperazine rings is 1. The molecule has 0 atom stereocenters. The summed E-state index contributed by atoms with van der Waals surface area (Å²) in [5, 5.41) is 1.28. The second-order valence-corrected chi connectivity index (χ2v) is 7.49. The largest absolute Gasteiger partial charge is 0.493 e. The van der Waals surface area contributed by atoms with Gasteiger partial charge in [-0.25, -0.2) is 0 Å². The molecule has 0 aliphatic carbocycles. The number of hydrogen-bond acceptors (Lipinski definition) is 6. The first-order valence-corrected chi connectivity index (χ1v) is 10.2. The van der Waals surface area contributed by atoms with E-state index in [0.717, 1.165) is 56.5 Å². The molecule has 1 aliphatic rings. The molecular weight excluding hydrogens is 358 g/mol. The minimum atomic E-state index is 0.706. The average molecular weight is 384 g/mol. The molecule has 4 rings (SSSR count). The van der Waals surface area contributed by atoms with Crippen molar-refractivity contribution in [1.82, 2.24) is 9.27 Å². The van der Waals surface area contributed by atoms with Crippen molar-refractivity contribution in [1.29, 1.82) is 0 Å². The predicted octanol–water partition coefficient (Wildman–Crippen LogP) is 3.90. The van der Waals surface area contributed by atoms with Crippen LogP contribution in [0.4, 0.5) is 5.82 Å².